The zero-order valence-electron chi connectivity index (χ0n) is 20.6. The van der Waals surface area contributed by atoms with Crippen LogP contribution in [0.5, 0.6) is 11.5 Å². The Morgan fingerprint density at radius 1 is 1.16 bits per heavy atom. The van der Waals surface area contributed by atoms with Gasteiger partial charge in [-0.3, -0.25) is 0 Å². The number of halogens is 2. The van der Waals surface area contributed by atoms with E-state index in [1.807, 2.05) is 6.08 Å². The van der Waals surface area contributed by atoms with Crippen molar-refractivity contribution in [2.45, 2.75) is 25.3 Å². The summed E-state index contributed by atoms with van der Waals surface area (Å²) >= 11 is 5.92. The second-order valence-electron chi connectivity index (χ2n) is 8.87. The van der Waals surface area contributed by atoms with Crippen molar-refractivity contribution < 1.29 is 27.0 Å². The molecule has 1 saturated heterocycles. The number of nitrogens with zero attached hydrogens (tertiary/aromatic N) is 3. The fourth-order valence-electron chi connectivity index (χ4n) is 4.34. The van der Waals surface area contributed by atoms with Gasteiger partial charge in [0.1, 0.15) is 23.7 Å². The van der Waals surface area contributed by atoms with Crippen molar-refractivity contribution in [3.8, 4) is 11.5 Å². The summed E-state index contributed by atoms with van der Waals surface area (Å²) in [6.07, 6.45) is 4.93. The Morgan fingerprint density at radius 3 is 2.68 bits per heavy atom. The highest BCUT2D eigenvalue weighted by molar-refractivity contribution is 7.87. The number of morpholine rings is 1. The van der Waals surface area contributed by atoms with Gasteiger partial charge in [0.05, 0.1) is 30.9 Å². The van der Waals surface area contributed by atoms with E-state index in [1.54, 1.807) is 25.3 Å². The number of methoxy groups -OCH3 is 1. The standard InChI is InChI=1S/C25H27ClFN5O5S/c1-35-23-14-22-19(25(29-15-28-22)30-17-4-7-21(27)20(26)12-17)13-24(23)37-18-5-2-16(3-6-18)31-38(33,34)32-8-10-36-11-9-32/h4-5,7,12-16,31H,2-3,6,8-11H2,1H3,(H,28,29,30). The molecular weight excluding hydrogens is 537 g/mol. The molecule has 0 saturated carbocycles. The molecule has 38 heavy (non-hydrogen) atoms. The van der Waals surface area contributed by atoms with Crippen molar-refractivity contribution in [2.75, 3.05) is 38.7 Å². The fourth-order valence-corrected chi connectivity index (χ4v) is 5.93. The molecule has 0 spiro atoms. The molecule has 0 amide bonds. The quantitative estimate of drug-likeness (QED) is 0.420. The lowest BCUT2D eigenvalue weighted by Gasteiger charge is -2.29. The van der Waals surface area contributed by atoms with E-state index in [4.69, 9.17) is 25.8 Å². The second-order valence-corrected chi connectivity index (χ2v) is 11.0. The molecule has 10 nitrogen and oxygen atoms in total. The minimum atomic E-state index is -3.57. The lowest BCUT2D eigenvalue weighted by Crippen LogP contribution is -2.49. The molecule has 1 aliphatic carbocycles. The third-order valence-corrected chi connectivity index (χ3v) is 8.30. The fraction of sp³-hybridized carbons (Fsp3) is 0.360. The number of hydrogen-bond acceptors (Lipinski definition) is 8. The van der Waals surface area contributed by atoms with Gasteiger partial charge in [-0.15, -0.1) is 0 Å². The van der Waals surface area contributed by atoms with Crippen molar-refractivity contribution in [1.82, 2.24) is 19.0 Å². The number of benzene rings is 2. The number of fused-ring (bicyclic) bond motifs is 1. The van der Waals surface area contributed by atoms with Crippen LogP contribution >= 0.6 is 11.6 Å². The van der Waals surface area contributed by atoms with Gasteiger partial charge in [-0.25, -0.2) is 14.4 Å². The van der Waals surface area contributed by atoms with E-state index in [-0.39, 0.29) is 11.1 Å². The van der Waals surface area contributed by atoms with Crippen molar-refractivity contribution in [3.63, 3.8) is 0 Å². The number of rotatable bonds is 8. The van der Waals surface area contributed by atoms with E-state index in [9.17, 15) is 12.8 Å². The summed E-state index contributed by atoms with van der Waals surface area (Å²) in [6, 6.07) is 7.61. The molecule has 1 fully saturated rings. The van der Waals surface area contributed by atoms with Crippen LogP contribution in [-0.2, 0) is 14.9 Å². The maximum atomic E-state index is 13.6. The van der Waals surface area contributed by atoms with Crippen LogP contribution in [0.1, 0.15) is 19.3 Å². The molecule has 1 unspecified atom stereocenters. The van der Waals surface area contributed by atoms with Crippen molar-refractivity contribution in [2.24, 2.45) is 0 Å². The lowest BCUT2D eigenvalue weighted by atomic mass is 10.0. The minimum Gasteiger partial charge on any atom is -0.493 e. The van der Waals surface area contributed by atoms with Crippen molar-refractivity contribution >= 4 is 44.2 Å². The topological polar surface area (TPSA) is 115 Å². The van der Waals surface area contributed by atoms with E-state index < -0.39 is 16.0 Å². The summed E-state index contributed by atoms with van der Waals surface area (Å²) in [5.41, 5.74) is 1.19. The molecule has 0 radical (unpaired) electrons. The zero-order chi connectivity index (χ0) is 26.7. The third kappa shape index (κ3) is 6.00. The normalized spacial score (nSPS) is 18.7. The highest BCUT2D eigenvalue weighted by Gasteiger charge is 2.28. The Balaban J connectivity index is 1.33. The first-order valence-electron chi connectivity index (χ1n) is 12.1. The molecule has 13 heteroatoms. The number of nitrogens with one attached hydrogen (secondary N) is 2. The highest BCUT2D eigenvalue weighted by Crippen LogP contribution is 2.37. The third-order valence-electron chi connectivity index (χ3n) is 6.34. The van der Waals surface area contributed by atoms with Crippen LogP contribution in [0.25, 0.3) is 10.9 Å². The van der Waals surface area contributed by atoms with Gasteiger partial charge in [0.25, 0.3) is 10.2 Å². The van der Waals surface area contributed by atoms with Crippen LogP contribution in [0, 0.1) is 5.82 Å². The average Bonchev–Trinajstić information content (AvgIpc) is 2.92. The van der Waals surface area contributed by atoms with Gasteiger partial charge in [0.15, 0.2) is 11.5 Å². The summed E-state index contributed by atoms with van der Waals surface area (Å²) in [5.74, 6) is 1.64. The Hall–Kier alpha value is -3.03. The van der Waals surface area contributed by atoms with Gasteiger partial charge in [-0.1, -0.05) is 11.6 Å². The highest BCUT2D eigenvalue weighted by atomic mass is 35.5. The number of allylic oxidation sites excluding steroid dienone is 1. The molecule has 2 aliphatic rings. The van der Waals surface area contributed by atoms with E-state index in [1.165, 1.54) is 22.8 Å². The van der Waals surface area contributed by atoms with Crippen molar-refractivity contribution in [3.05, 3.63) is 59.3 Å². The van der Waals surface area contributed by atoms with E-state index in [0.29, 0.717) is 85.2 Å². The summed E-state index contributed by atoms with van der Waals surface area (Å²) in [7, 11) is -2.02. The predicted molar refractivity (Wildman–Crippen MR) is 142 cm³/mol. The first-order valence-corrected chi connectivity index (χ1v) is 13.9. The molecule has 1 aromatic heterocycles. The molecule has 2 N–H and O–H groups in total. The largest absolute Gasteiger partial charge is 0.493 e. The second kappa shape index (κ2) is 11.4. The predicted octanol–water partition coefficient (Wildman–Crippen LogP) is 4.16. The average molecular weight is 564 g/mol. The number of anilines is 2. The van der Waals surface area contributed by atoms with Gasteiger partial charge < -0.3 is 19.5 Å². The Kier molecular flexibility index (Phi) is 7.96. The summed E-state index contributed by atoms with van der Waals surface area (Å²) in [5, 5.41) is 3.81. The molecule has 202 valence electrons. The van der Waals surface area contributed by atoms with Crippen molar-refractivity contribution in [1.29, 1.82) is 0 Å². The molecule has 2 aromatic carbocycles. The van der Waals surface area contributed by atoms with E-state index in [0.717, 1.165) is 0 Å². The summed E-state index contributed by atoms with van der Waals surface area (Å²) in [4.78, 5) is 8.66. The molecular formula is C25H27ClFN5O5S. The molecule has 3 aromatic rings. The van der Waals surface area contributed by atoms with Gasteiger partial charge in [-0.2, -0.15) is 17.4 Å². The van der Waals surface area contributed by atoms with Gasteiger partial charge in [-0.05, 0) is 43.2 Å². The molecule has 2 heterocycles. The van der Waals surface area contributed by atoms with Crippen LogP contribution < -0.4 is 19.5 Å². The van der Waals surface area contributed by atoms with Gasteiger partial charge in [0, 0.05) is 42.7 Å². The van der Waals surface area contributed by atoms with Gasteiger partial charge in [0.2, 0.25) is 0 Å². The van der Waals surface area contributed by atoms with Gasteiger partial charge >= 0.3 is 0 Å². The summed E-state index contributed by atoms with van der Waals surface area (Å²) in [6.45, 7) is 1.50. The number of hydrogen-bond donors (Lipinski definition) is 2. The Labute approximate surface area is 224 Å². The van der Waals surface area contributed by atoms with Crippen LogP contribution in [0.15, 0.2) is 48.5 Å². The summed E-state index contributed by atoms with van der Waals surface area (Å²) < 4.78 is 60.1. The van der Waals surface area contributed by atoms with Crippen LogP contribution in [0.3, 0.4) is 0 Å². The van der Waals surface area contributed by atoms with E-state index >= 15 is 0 Å². The lowest BCUT2D eigenvalue weighted by molar-refractivity contribution is 0.0722. The first-order chi connectivity index (χ1) is 18.3. The zero-order valence-corrected chi connectivity index (χ0v) is 22.2. The number of aromatic nitrogens is 2. The maximum Gasteiger partial charge on any atom is 0.279 e. The molecule has 1 aliphatic heterocycles. The number of ether oxygens (including phenoxy) is 3. The SMILES string of the molecule is COc1cc2ncnc(Nc3ccc(F)c(Cl)c3)c2cc1OC1=CCC(NS(=O)(=O)N2CCOCC2)CC1. The molecule has 5 rings (SSSR count). The van der Waals surface area contributed by atoms with Crippen LogP contribution in [-0.4, -0.2) is 62.1 Å². The van der Waals surface area contributed by atoms with E-state index in [2.05, 4.69) is 20.0 Å². The first kappa shape index (κ1) is 26.6. The minimum absolute atomic E-state index is 0.00571. The monoisotopic (exact) mass is 563 g/mol. The van der Waals surface area contributed by atoms with Crippen LogP contribution in [0.4, 0.5) is 15.9 Å². The maximum absolute atomic E-state index is 13.6. The molecule has 0 bridgehead atoms. The smallest absolute Gasteiger partial charge is 0.279 e. The molecule has 1 atom stereocenters. The Bertz CT molecular complexity index is 1470. The van der Waals surface area contributed by atoms with Crippen LogP contribution in [0.2, 0.25) is 5.02 Å². The Morgan fingerprint density at radius 2 is 1.97 bits per heavy atom.